The zero-order valence-corrected chi connectivity index (χ0v) is 16.5. The molecule has 29 heavy (non-hydrogen) atoms. The quantitative estimate of drug-likeness (QED) is 0.862. The first-order chi connectivity index (χ1) is 14.3. The lowest BCUT2D eigenvalue weighted by atomic mass is 9.95. The van der Waals surface area contributed by atoms with Gasteiger partial charge in [0, 0.05) is 30.4 Å². The summed E-state index contributed by atoms with van der Waals surface area (Å²) in [5, 5.41) is 3.19. The van der Waals surface area contributed by atoms with Gasteiger partial charge in [0.1, 0.15) is 25.4 Å². The molecule has 1 amide bonds. The van der Waals surface area contributed by atoms with Crippen molar-refractivity contribution in [2.75, 3.05) is 31.2 Å². The van der Waals surface area contributed by atoms with E-state index in [-0.39, 0.29) is 11.9 Å². The molecule has 0 saturated carbocycles. The molecule has 1 saturated heterocycles. The molecule has 3 aliphatic rings. The smallest absolute Gasteiger partial charge is 0.255 e. The normalized spacial score (nSPS) is 18.8. The molecule has 3 heterocycles. The summed E-state index contributed by atoms with van der Waals surface area (Å²) >= 11 is 0. The molecule has 2 aliphatic heterocycles. The molecule has 7 heteroatoms. The van der Waals surface area contributed by atoms with E-state index in [2.05, 4.69) is 20.2 Å². The highest BCUT2D eigenvalue weighted by atomic mass is 16.6. The molecular weight excluding hydrogens is 368 g/mol. The van der Waals surface area contributed by atoms with E-state index in [9.17, 15) is 4.79 Å². The van der Waals surface area contributed by atoms with Crippen LogP contribution in [0.15, 0.2) is 24.5 Å². The number of benzene rings is 1. The van der Waals surface area contributed by atoms with Gasteiger partial charge in [-0.15, -0.1) is 0 Å². The van der Waals surface area contributed by atoms with Crippen molar-refractivity contribution >= 4 is 11.7 Å². The predicted molar refractivity (Wildman–Crippen MR) is 109 cm³/mol. The average molecular weight is 394 g/mol. The number of piperidine rings is 1. The number of para-hydroxylation sites is 1. The van der Waals surface area contributed by atoms with E-state index in [4.69, 9.17) is 9.47 Å². The maximum absolute atomic E-state index is 12.8. The Morgan fingerprint density at radius 1 is 1.07 bits per heavy atom. The van der Waals surface area contributed by atoms with Gasteiger partial charge in [0.15, 0.2) is 11.5 Å². The van der Waals surface area contributed by atoms with Crippen LogP contribution in [0.1, 0.15) is 47.3 Å². The van der Waals surface area contributed by atoms with E-state index in [0.29, 0.717) is 30.3 Å². The Hall–Kier alpha value is -2.83. The predicted octanol–water partition coefficient (Wildman–Crippen LogP) is 2.53. The van der Waals surface area contributed by atoms with Gasteiger partial charge in [-0.3, -0.25) is 4.79 Å². The van der Waals surface area contributed by atoms with Gasteiger partial charge in [-0.25, -0.2) is 9.97 Å². The summed E-state index contributed by atoms with van der Waals surface area (Å²) in [6, 6.07) is 5.62. The number of carbonyl (C=O) groups is 1. The van der Waals surface area contributed by atoms with Crippen LogP contribution in [0.5, 0.6) is 11.5 Å². The van der Waals surface area contributed by atoms with Gasteiger partial charge in [-0.2, -0.15) is 0 Å². The number of amides is 1. The van der Waals surface area contributed by atoms with Crippen molar-refractivity contribution in [1.29, 1.82) is 0 Å². The number of fused-ring (bicyclic) bond motifs is 2. The Bertz CT molecular complexity index is 909. The average Bonchev–Trinajstić information content (AvgIpc) is 2.79. The first-order valence-corrected chi connectivity index (χ1v) is 10.6. The number of hydrogen-bond donors (Lipinski definition) is 1. The Morgan fingerprint density at radius 2 is 1.90 bits per heavy atom. The van der Waals surface area contributed by atoms with E-state index in [0.717, 1.165) is 44.6 Å². The summed E-state index contributed by atoms with van der Waals surface area (Å²) < 4.78 is 11.3. The Balaban J connectivity index is 1.24. The molecule has 1 fully saturated rings. The minimum absolute atomic E-state index is 0.0924. The van der Waals surface area contributed by atoms with E-state index in [1.807, 2.05) is 12.1 Å². The maximum atomic E-state index is 12.8. The number of aryl methyl sites for hydroxylation is 1. The van der Waals surface area contributed by atoms with Crippen molar-refractivity contribution in [3.05, 3.63) is 41.3 Å². The topological polar surface area (TPSA) is 76.6 Å². The lowest BCUT2D eigenvalue weighted by molar-refractivity contribution is 0.0920. The largest absolute Gasteiger partial charge is 0.486 e. The molecule has 1 N–H and O–H groups in total. The molecule has 0 bridgehead atoms. The molecule has 1 aromatic carbocycles. The van der Waals surface area contributed by atoms with Crippen molar-refractivity contribution in [3.8, 4) is 11.5 Å². The third-order valence-corrected chi connectivity index (χ3v) is 6.04. The monoisotopic (exact) mass is 394 g/mol. The molecule has 0 spiro atoms. The lowest BCUT2D eigenvalue weighted by Gasteiger charge is -2.35. The van der Waals surface area contributed by atoms with Gasteiger partial charge < -0.3 is 19.7 Å². The molecule has 152 valence electrons. The van der Waals surface area contributed by atoms with Crippen molar-refractivity contribution in [2.45, 2.75) is 44.6 Å². The maximum Gasteiger partial charge on any atom is 0.255 e. The van der Waals surface area contributed by atoms with Crippen molar-refractivity contribution in [3.63, 3.8) is 0 Å². The third-order valence-electron chi connectivity index (χ3n) is 6.04. The zero-order valence-electron chi connectivity index (χ0n) is 16.5. The van der Waals surface area contributed by atoms with Crippen LogP contribution >= 0.6 is 0 Å². The standard InChI is InChI=1S/C22H26N4O3/c27-22(17-5-3-7-19-20(17)29-13-12-28-19)25-15-8-10-26(11-9-15)21-16-4-1-2-6-18(16)23-14-24-21/h3,5,7,14-15H,1-2,4,6,8-13H2,(H,25,27). The van der Waals surface area contributed by atoms with Crippen LogP contribution in [0.3, 0.4) is 0 Å². The van der Waals surface area contributed by atoms with Crippen molar-refractivity contribution < 1.29 is 14.3 Å². The van der Waals surface area contributed by atoms with Crippen molar-refractivity contribution in [2.24, 2.45) is 0 Å². The van der Waals surface area contributed by atoms with Gasteiger partial charge in [-0.1, -0.05) is 6.07 Å². The van der Waals surface area contributed by atoms with Crippen LogP contribution in [-0.2, 0) is 12.8 Å². The molecule has 7 nitrogen and oxygen atoms in total. The van der Waals surface area contributed by atoms with Gasteiger partial charge in [0.25, 0.3) is 5.91 Å². The second-order valence-corrected chi connectivity index (χ2v) is 7.89. The highest BCUT2D eigenvalue weighted by molar-refractivity contribution is 5.98. The Kier molecular flexibility index (Phi) is 4.96. The molecular formula is C22H26N4O3. The highest BCUT2D eigenvalue weighted by Crippen LogP contribution is 2.34. The zero-order chi connectivity index (χ0) is 19.6. The van der Waals surface area contributed by atoms with Crippen LogP contribution in [0.25, 0.3) is 0 Å². The first kappa shape index (κ1) is 18.2. The minimum atomic E-state index is -0.0924. The summed E-state index contributed by atoms with van der Waals surface area (Å²) in [6.07, 6.45) is 8.07. The second-order valence-electron chi connectivity index (χ2n) is 7.89. The van der Waals surface area contributed by atoms with Crippen LogP contribution < -0.4 is 19.7 Å². The van der Waals surface area contributed by atoms with Gasteiger partial charge in [0.2, 0.25) is 0 Å². The molecule has 1 aromatic heterocycles. The molecule has 1 aliphatic carbocycles. The number of nitrogens with one attached hydrogen (secondary N) is 1. The van der Waals surface area contributed by atoms with Crippen molar-refractivity contribution in [1.82, 2.24) is 15.3 Å². The molecule has 2 aromatic rings. The van der Waals surface area contributed by atoms with Crippen LogP contribution in [0, 0.1) is 0 Å². The third kappa shape index (κ3) is 3.61. The van der Waals surface area contributed by atoms with Crippen LogP contribution in [-0.4, -0.2) is 48.2 Å². The fraction of sp³-hybridized carbons (Fsp3) is 0.500. The number of nitrogens with zero attached hydrogens (tertiary/aromatic N) is 3. The Labute approximate surface area is 170 Å². The number of hydrogen-bond acceptors (Lipinski definition) is 6. The summed E-state index contributed by atoms with van der Waals surface area (Å²) in [5.74, 6) is 2.21. The fourth-order valence-corrected chi connectivity index (χ4v) is 4.53. The van der Waals surface area contributed by atoms with Gasteiger partial charge in [0.05, 0.1) is 5.56 Å². The summed E-state index contributed by atoms with van der Waals surface area (Å²) in [4.78, 5) is 24.3. The highest BCUT2D eigenvalue weighted by Gasteiger charge is 2.27. The van der Waals surface area contributed by atoms with E-state index in [1.54, 1.807) is 12.4 Å². The van der Waals surface area contributed by atoms with Crippen LogP contribution in [0.4, 0.5) is 5.82 Å². The minimum Gasteiger partial charge on any atom is -0.486 e. The number of aromatic nitrogens is 2. The number of ether oxygens (including phenoxy) is 2. The molecule has 5 rings (SSSR count). The van der Waals surface area contributed by atoms with E-state index < -0.39 is 0 Å². The lowest BCUT2D eigenvalue weighted by Crippen LogP contribution is -2.45. The first-order valence-electron chi connectivity index (χ1n) is 10.6. The SMILES string of the molecule is O=C(NC1CCN(c2ncnc3c2CCCC3)CC1)c1cccc2c1OCCO2. The fourth-order valence-electron chi connectivity index (χ4n) is 4.53. The number of rotatable bonds is 3. The van der Waals surface area contributed by atoms with E-state index in [1.165, 1.54) is 24.1 Å². The second kappa shape index (κ2) is 7.89. The van der Waals surface area contributed by atoms with E-state index >= 15 is 0 Å². The van der Waals surface area contributed by atoms with Crippen LogP contribution in [0.2, 0.25) is 0 Å². The molecule has 0 unspecified atom stereocenters. The Morgan fingerprint density at radius 3 is 2.79 bits per heavy atom. The van der Waals surface area contributed by atoms with Gasteiger partial charge in [-0.05, 0) is 50.7 Å². The summed E-state index contributed by atoms with van der Waals surface area (Å²) in [5.41, 5.74) is 3.09. The summed E-state index contributed by atoms with van der Waals surface area (Å²) in [7, 11) is 0. The number of anilines is 1. The summed E-state index contributed by atoms with van der Waals surface area (Å²) in [6.45, 7) is 2.77. The number of carbonyl (C=O) groups excluding carboxylic acids is 1. The molecule has 0 atom stereocenters. The molecule has 0 radical (unpaired) electrons. The van der Waals surface area contributed by atoms with Gasteiger partial charge >= 0.3 is 0 Å².